The summed E-state index contributed by atoms with van der Waals surface area (Å²) in [6, 6.07) is 5.02. The fraction of sp³-hybridized carbons (Fsp3) is 0.500. The molecule has 0 amide bonds. The quantitative estimate of drug-likeness (QED) is 0.739. The van der Waals surface area contributed by atoms with Crippen molar-refractivity contribution in [2.45, 2.75) is 19.8 Å². The van der Waals surface area contributed by atoms with Gasteiger partial charge in [-0.2, -0.15) is 0 Å². The maximum Gasteiger partial charge on any atom is 0.178 e. The van der Waals surface area contributed by atoms with Crippen molar-refractivity contribution < 1.29 is 4.79 Å². The summed E-state index contributed by atoms with van der Waals surface area (Å²) in [5.41, 5.74) is 0.526. The van der Waals surface area contributed by atoms with Gasteiger partial charge in [0, 0.05) is 17.1 Å². The molecule has 4 heteroatoms. The van der Waals surface area contributed by atoms with Crippen LogP contribution in [0.2, 0.25) is 10.0 Å². The summed E-state index contributed by atoms with van der Waals surface area (Å²) in [5, 5.41) is 1.03. The summed E-state index contributed by atoms with van der Waals surface area (Å²) in [4.78, 5) is 14.4. The largest absolute Gasteiger partial charge is 0.296 e. The van der Waals surface area contributed by atoms with Gasteiger partial charge in [-0.05, 0) is 43.5 Å². The van der Waals surface area contributed by atoms with E-state index in [-0.39, 0.29) is 5.78 Å². The number of halogens is 2. The Morgan fingerprint density at radius 2 is 2.11 bits per heavy atom. The van der Waals surface area contributed by atoms with Gasteiger partial charge in [-0.25, -0.2) is 0 Å². The molecule has 0 aliphatic heterocycles. The molecule has 98 valence electrons. The van der Waals surface area contributed by atoms with Crippen LogP contribution in [-0.4, -0.2) is 30.3 Å². The molecule has 1 aliphatic rings. The number of hydrogen-bond acceptors (Lipinski definition) is 2. The molecule has 2 rings (SSSR count). The maximum absolute atomic E-state index is 12.2. The molecule has 1 aromatic carbocycles. The maximum atomic E-state index is 12.2. The van der Waals surface area contributed by atoms with Gasteiger partial charge in [0.05, 0.1) is 11.6 Å². The van der Waals surface area contributed by atoms with E-state index in [1.165, 1.54) is 12.8 Å². The van der Waals surface area contributed by atoms with Gasteiger partial charge in [0.15, 0.2) is 5.78 Å². The molecule has 0 unspecified atom stereocenters. The summed E-state index contributed by atoms with van der Waals surface area (Å²) in [7, 11) is 0. The fourth-order valence-corrected chi connectivity index (χ4v) is 2.37. The molecular weight excluding hydrogens is 269 g/mol. The molecule has 0 aromatic heterocycles. The Hall–Kier alpha value is -0.570. The zero-order valence-corrected chi connectivity index (χ0v) is 12.0. The summed E-state index contributed by atoms with van der Waals surface area (Å²) < 4.78 is 0. The van der Waals surface area contributed by atoms with Crippen molar-refractivity contribution in [2.75, 3.05) is 19.6 Å². The molecule has 0 N–H and O–H groups in total. The first-order chi connectivity index (χ1) is 8.60. The monoisotopic (exact) mass is 285 g/mol. The Balaban J connectivity index is 2.02. The third kappa shape index (κ3) is 3.71. The fourth-order valence-electron chi connectivity index (χ4n) is 1.97. The minimum Gasteiger partial charge on any atom is -0.296 e. The van der Waals surface area contributed by atoms with Crippen molar-refractivity contribution in [1.29, 1.82) is 0 Å². The van der Waals surface area contributed by atoms with E-state index < -0.39 is 0 Å². The van der Waals surface area contributed by atoms with Crippen LogP contribution in [0, 0.1) is 5.92 Å². The van der Waals surface area contributed by atoms with E-state index >= 15 is 0 Å². The van der Waals surface area contributed by atoms with Crippen LogP contribution < -0.4 is 0 Å². The van der Waals surface area contributed by atoms with E-state index in [4.69, 9.17) is 23.2 Å². The smallest absolute Gasteiger partial charge is 0.178 e. The predicted molar refractivity (Wildman–Crippen MR) is 75.6 cm³/mol. The van der Waals surface area contributed by atoms with Gasteiger partial charge < -0.3 is 0 Å². The Bertz CT molecular complexity index is 443. The molecule has 0 saturated heterocycles. The molecule has 1 aromatic rings. The summed E-state index contributed by atoms with van der Waals surface area (Å²) >= 11 is 11.9. The Labute approximate surface area is 118 Å². The SMILES string of the molecule is CCN(CC(=O)c1cc(Cl)ccc1Cl)CC1CC1. The lowest BCUT2D eigenvalue weighted by Crippen LogP contribution is -2.31. The van der Waals surface area contributed by atoms with Crippen LogP contribution in [0.3, 0.4) is 0 Å². The summed E-state index contributed by atoms with van der Waals surface area (Å²) in [6.07, 6.45) is 2.59. The molecule has 0 bridgehead atoms. The highest BCUT2D eigenvalue weighted by Crippen LogP contribution is 2.30. The van der Waals surface area contributed by atoms with Crippen molar-refractivity contribution in [3.8, 4) is 0 Å². The van der Waals surface area contributed by atoms with Gasteiger partial charge in [0.25, 0.3) is 0 Å². The van der Waals surface area contributed by atoms with E-state index in [0.717, 1.165) is 19.0 Å². The second-order valence-electron chi connectivity index (χ2n) is 4.82. The minimum absolute atomic E-state index is 0.0463. The number of ketones is 1. The zero-order valence-electron chi connectivity index (χ0n) is 10.5. The number of benzene rings is 1. The lowest BCUT2D eigenvalue weighted by molar-refractivity contribution is 0.0931. The Morgan fingerprint density at radius 3 is 2.72 bits per heavy atom. The average Bonchev–Trinajstić information content (AvgIpc) is 3.15. The summed E-state index contributed by atoms with van der Waals surface area (Å²) in [6.45, 7) is 4.41. The Morgan fingerprint density at radius 1 is 1.39 bits per heavy atom. The Kier molecular flexibility index (Phi) is 4.66. The molecule has 0 heterocycles. The predicted octanol–water partition coefficient (Wildman–Crippen LogP) is 3.91. The molecule has 1 aliphatic carbocycles. The number of nitrogens with zero attached hydrogens (tertiary/aromatic N) is 1. The number of rotatable bonds is 6. The highest BCUT2D eigenvalue weighted by molar-refractivity contribution is 6.36. The van der Waals surface area contributed by atoms with Gasteiger partial charge >= 0.3 is 0 Å². The standard InChI is InChI=1S/C14H17Cl2NO/c1-2-17(8-10-3-4-10)9-14(18)12-7-11(15)5-6-13(12)16/h5-7,10H,2-4,8-9H2,1H3. The van der Waals surface area contributed by atoms with E-state index in [1.54, 1.807) is 18.2 Å². The lowest BCUT2D eigenvalue weighted by atomic mass is 10.1. The van der Waals surface area contributed by atoms with Crippen LogP contribution in [0.25, 0.3) is 0 Å². The van der Waals surface area contributed by atoms with Gasteiger partial charge in [-0.3, -0.25) is 9.69 Å². The normalized spacial score (nSPS) is 15.1. The van der Waals surface area contributed by atoms with Crippen LogP contribution in [0.1, 0.15) is 30.1 Å². The van der Waals surface area contributed by atoms with Gasteiger partial charge in [-0.15, -0.1) is 0 Å². The van der Waals surface area contributed by atoms with Crippen LogP contribution in [0.5, 0.6) is 0 Å². The lowest BCUT2D eigenvalue weighted by Gasteiger charge is -2.19. The van der Waals surface area contributed by atoms with E-state index in [0.29, 0.717) is 22.2 Å². The van der Waals surface area contributed by atoms with E-state index in [1.807, 2.05) is 0 Å². The molecule has 0 radical (unpaired) electrons. The van der Waals surface area contributed by atoms with Crippen molar-refractivity contribution in [3.05, 3.63) is 33.8 Å². The van der Waals surface area contributed by atoms with Crippen LogP contribution >= 0.6 is 23.2 Å². The van der Waals surface area contributed by atoms with Gasteiger partial charge in [-0.1, -0.05) is 30.1 Å². The van der Waals surface area contributed by atoms with Crippen LogP contribution in [-0.2, 0) is 0 Å². The first-order valence-electron chi connectivity index (χ1n) is 6.30. The van der Waals surface area contributed by atoms with Gasteiger partial charge in [0.1, 0.15) is 0 Å². The minimum atomic E-state index is 0.0463. The highest BCUT2D eigenvalue weighted by atomic mass is 35.5. The van der Waals surface area contributed by atoms with Crippen molar-refractivity contribution in [3.63, 3.8) is 0 Å². The van der Waals surface area contributed by atoms with E-state index in [2.05, 4.69) is 11.8 Å². The van der Waals surface area contributed by atoms with E-state index in [9.17, 15) is 4.79 Å². The molecule has 1 fully saturated rings. The van der Waals surface area contributed by atoms with Crippen molar-refractivity contribution in [1.82, 2.24) is 4.90 Å². The second kappa shape index (κ2) is 6.05. The number of Topliss-reactive ketones (excluding diaryl/α,β-unsaturated/α-hetero) is 1. The summed E-state index contributed by atoms with van der Waals surface area (Å²) in [5.74, 6) is 0.831. The number of likely N-dealkylation sites (N-methyl/N-ethyl adjacent to an activating group) is 1. The number of carbonyl (C=O) groups is 1. The molecule has 18 heavy (non-hydrogen) atoms. The zero-order chi connectivity index (χ0) is 13.1. The van der Waals surface area contributed by atoms with Crippen molar-refractivity contribution >= 4 is 29.0 Å². The molecule has 0 spiro atoms. The molecule has 1 saturated carbocycles. The van der Waals surface area contributed by atoms with Crippen molar-refractivity contribution in [2.24, 2.45) is 5.92 Å². The number of hydrogen-bond donors (Lipinski definition) is 0. The highest BCUT2D eigenvalue weighted by Gasteiger charge is 2.25. The third-order valence-electron chi connectivity index (χ3n) is 3.26. The number of carbonyl (C=O) groups excluding carboxylic acids is 1. The second-order valence-corrected chi connectivity index (χ2v) is 5.66. The van der Waals surface area contributed by atoms with Crippen LogP contribution in [0.15, 0.2) is 18.2 Å². The molecular formula is C14H17Cl2NO. The van der Waals surface area contributed by atoms with Gasteiger partial charge in [0.2, 0.25) is 0 Å². The van der Waals surface area contributed by atoms with Crippen LogP contribution in [0.4, 0.5) is 0 Å². The first-order valence-corrected chi connectivity index (χ1v) is 7.06. The molecule has 2 nitrogen and oxygen atoms in total. The molecule has 0 atom stereocenters. The third-order valence-corrected chi connectivity index (χ3v) is 3.82. The first kappa shape index (κ1) is 13.9. The topological polar surface area (TPSA) is 20.3 Å². The average molecular weight is 286 g/mol.